The summed E-state index contributed by atoms with van der Waals surface area (Å²) in [6.07, 6.45) is -1.88. The van der Waals surface area contributed by atoms with Crippen molar-refractivity contribution in [2.75, 3.05) is 26.7 Å². The van der Waals surface area contributed by atoms with Crippen molar-refractivity contribution >= 4 is 23.7 Å². The summed E-state index contributed by atoms with van der Waals surface area (Å²) < 4.78 is 37.6. The Morgan fingerprint density at radius 1 is 1.40 bits per heavy atom. The molecule has 1 N–H and O–H groups in total. The normalized spacial score (nSPS) is 20.7. The Hall–Kier alpha value is -0.300. The third kappa shape index (κ3) is 4.91. The van der Waals surface area contributed by atoms with E-state index in [-0.39, 0.29) is 12.4 Å². The minimum atomic E-state index is -4.21. The predicted octanol–water partition coefficient (Wildman–Crippen LogP) is 3.62. The molecule has 2 heterocycles. The number of rotatable bonds is 4. The number of alkyl halides is 3. The van der Waals surface area contributed by atoms with Crippen molar-refractivity contribution in [1.29, 1.82) is 0 Å². The maximum absolute atomic E-state index is 12.5. The minimum Gasteiger partial charge on any atom is -0.319 e. The quantitative estimate of drug-likeness (QED) is 0.908. The average molecular weight is 329 g/mol. The summed E-state index contributed by atoms with van der Waals surface area (Å²) in [7, 11) is 1.94. The molecule has 20 heavy (non-hydrogen) atoms. The van der Waals surface area contributed by atoms with Gasteiger partial charge in [-0.15, -0.1) is 23.7 Å². The minimum absolute atomic E-state index is 0. The van der Waals surface area contributed by atoms with Gasteiger partial charge in [-0.05, 0) is 51.0 Å². The van der Waals surface area contributed by atoms with E-state index >= 15 is 0 Å². The first-order valence-corrected chi connectivity index (χ1v) is 7.33. The van der Waals surface area contributed by atoms with Crippen molar-refractivity contribution in [3.05, 3.63) is 21.9 Å². The molecular formula is C13H20ClF3N2S. The fourth-order valence-electron chi connectivity index (χ4n) is 2.59. The number of hydrogen-bond donors (Lipinski definition) is 1. The molecule has 7 heteroatoms. The molecule has 0 aliphatic carbocycles. The first kappa shape index (κ1) is 17.8. The van der Waals surface area contributed by atoms with Crippen LogP contribution in [0.5, 0.6) is 0 Å². The number of halogens is 4. The fraction of sp³-hybridized carbons (Fsp3) is 0.692. The summed E-state index contributed by atoms with van der Waals surface area (Å²) in [5.74, 6) is 0.612. The first-order valence-electron chi connectivity index (χ1n) is 6.52. The summed E-state index contributed by atoms with van der Waals surface area (Å²) in [6.45, 7) is 3.58. The second-order valence-electron chi connectivity index (χ2n) is 5.06. The van der Waals surface area contributed by atoms with Crippen molar-refractivity contribution in [3.8, 4) is 0 Å². The van der Waals surface area contributed by atoms with Crippen LogP contribution in [0.3, 0.4) is 0 Å². The first-order chi connectivity index (χ1) is 8.99. The highest BCUT2D eigenvalue weighted by molar-refractivity contribution is 7.12. The molecule has 1 aromatic heterocycles. The standard InChI is InChI=1S/C13H19F3N2S.ClH/c1-17-7-10-3-2-6-18(8-10)9-11-4-5-12(19-11)13(14,15)16;/h4-5,10,17H,2-3,6-9H2,1H3;1H. The molecule has 0 amide bonds. The zero-order chi connectivity index (χ0) is 13.9. The van der Waals surface area contributed by atoms with Crippen LogP contribution in [0, 0.1) is 5.92 Å². The van der Waals surface area contributed by atoms with Gasteiger partial charge in [0.25, 0.3) is 0 Å². The van der Waals surface area contributed by atoms with E-state index < -0.39 is 11.1 Å². The average Bonchev–Trinajstić information content (AvgIpc) is 2.78. The van der Waals surface area contributed by atoms with Gasteiger partial charge in [0, 0.05) is 18.0 Å². The number of thiophene rings is 1. The Balaban J connectivity index is 0.00000200. The molecule has 1 aliphatic heterocycles. The third-order valence-corrected chi connectivity index (χ3v) is 4.53. The second-order valence-corrected chi connectivity index (χ2v) is 6.23. The molecule has 116 valence electrons. The zero-order valence-corrected chi connectivity index (χ0v) is 13.0. The van der Waals surface area contributed by atoms with Crippen LogP contribution in [-0.2, 0) is 12.7 Å². The molecule has 0 radical (unpaired) electrons. The predicted molar refractivity (Wildman–Crippen MR) is 78.5 cm³/mol. The molecule has 1 aliphatic rings. The highest BCUT2D eigenvalue weighted by atomic mass is 35.5. The summed E-state index contributed by atoms with van der Waals surface area (Å²) in [4.78, 5) is 2.57. The number of piperidine rings is 1. The lowest BCUT2D eigenvalue weighted by molar-refractivity contribution is -0.134. The molecule has 1 atom stereocenters. The topological polar surface area (TPSA) is 15.3 Å². The van der Waals surface area contributed by atoms with Crippen LogP contribution < -0.4 is 5.32 Å². The van der Waals surface area contributed by atoms with Gasteiger partial charge in [0.2, 0.25) is 0 Å². The van der Waals surface area contributed by atoms with Gasteiger partial charge in [0.1, 0.15) is 4.88 Å². The van der Waals surface area contributed by atoms with Gasteiger partial charge in [-0.3, -0.25) is 4.90 Å². The Morgan fingerprint density at radius 3 is 2.75 bits per heavy atom. The Kier molecular flexibility index (Phi) is 6.78. The van der Waals surface area contributed by atoms with E-state index in [0.717, 1.165) is 42.3 Å². The van der Waals surface area contributed by atoms with Gasteiger partial charge in [0.05, 0.1) is 0 Å². The summed E-state index contributed by atoms with van der Waals surface area (Å²) in [5.41, 5.74) is 0. The van der Waals surface area contributed by atoms with Crippen LogP contribution in [0.2, 0.25) is 0 Å². The van der Waals surface area contributed by atoms with Gasteiger partial charge in [-0.1, -0.05) is 0 Å². The third-order valence-electron chi connectivity index (χ3n) is 3.42. The van der Waals surface area contributed by atoms with Crippen LogP contribution >= 0.6 is 23.7 Å². The number of likely N-dealkylation sites (tertiary alicyclic amines) is 1. The molecule has 1 aromatic rings. The maximum atomic E-state index is 12.5. The van der Waals surface area contributed by atoms with Gasteiger partial charge in [-0.2, -0.15) is 13.2 Å². The van der Waals surface area contributed by atoms with E-state index in [1.165, 1.54) is 12.5 Å². The van der Waals surface area contributed by atoms with Crippen molar-refractivity contribution in [1.82, 2.24) is 10.2 Å². The van der Waals surface area contributed by atoms with E-state index in [0.29, 0.717) is 12.5 Å². The number of hydrogen-bond acceptors (Lipinski definition) is 3. The molecule has 1 unspecified atom stereocenters. The lowest BCUT2D eigenvalue weighted by Gasteiger charge is -2.32. The van der Waals surface area contributed by atoms with E-state index in [9.17, 15) is 13.2 Å². The highest BCUT2D eigenvalue weighted by Crippen LogP contribution is 2.35. The van der Waals surface area contributed by atoms with Crippen LogP contribution in [0.4, 0.5) is 13.2 Å². The van der Waals surface area contributed by atoms with Crippen LogP contribution in [-0.4, -0.2) is 31.6 Å². The number of nitrogens with zero attached hydrogens (tertiary/aromatic N) is 1. The second kappa shape index (κ2) is 7.64. The van der Waals surface area contributed by atoms with E-state index in [1.54, 1.807) is 6.07 Å². The van der Waals surface area contributed by atoms with E-state index in [2.05, 4.69) is 10.2 Å². The fourth-order valence-corrected chi connectivity index (χ4v) is 3.50. The largest absolute Gasteiger partial charge is 0.425 e. The van der Waals surface area contributed by atoms with Gasteiger partial charge in [0.15, 0.2) is 0 Å². The van der Waals surface area contributed by atoms with Gasteiger partial charge < -0.3 is 5.32 Å². The Bertz CT molecular complexity index is 407. The summed E-state index contributed by atoms with van der Waals surface area (Å²) in [5, 5.41) is 3.17. The van der Waals surface area contributed by atoms with Crippen LogP contribution in [0.25, 0.3) is 0 Å². The molecule has 0 saturated carbocycles. The smallest absolute Gasteiger partial charge is 0.319 e. The maximum Gasteiger partial charge on any atom is 0.425 e. The highest BCUT2D eigenvalue weighted by Gasteiger charge is 2.32. The van der Waals surface area contributed by atoms with Crippen molar-refractivity contribution in [2.45, 2.75) is 25.6 Å². The van der Waals surface area contributed by atoms with Crippen molar-refractivity contribution in [2.24, 2.45) is 5.92 Å². The van der Waals surface area contributed by atoms with E-state index in [1.807, 2.05) is 7.05 Å². The lowest BCUT2D eigenvalue weighted by Crippen LogP contribution is -2.38. The Morgan fingerprint density at radius 2 is 2.15 bits per heavy atom. The van der Waals surface area contributed by atoms with Crippen molar-refractivity contribution < 1.29 is 13.2 Å². The molecule has 0 aromatic carbocycles. The van der Waals surface area contributed by atoms with Crippen molar-refractivity contribution in [3.63, 3.8) is 0 Å². The van der Waals surface area contributed by atoms with Gasteiger partial charge >= 0.3 is 6.18 Å². The molecule has 1 fully saturated rings. The SMILES string of the molecule is CNCC1CCCN(Cc2ccc(C(F)(F)F)s2)C1.Cl. The molecular weight excluding hydrogens is 309 g/mol. The summed E-state index contributed by atoms with van der Waals surface area (Å²) in [6, 6.07) is 2.80. The number of nitrogens with one attached hydrogen (secondary N) is 1. The van der Waals surface area contributed by atoms with Crippen LogP contribution in [0.1, 0.15) is 22.6 Å². The zero-order valence-electron chi connectivity index (χ0n) is 11.4. The molecule has 2 nitrogen and oxygen atoms in total. The van der Waals surface area contributed by atoms with E-state index in [4.69, 9.17) is 0 Å². The lowest BCUT2D eigenvalue weighted by atomic mass is 9.98. The molecule has 2 rings (SSSR count). The molecule has 0 spiro atoms. The Labute approximate surface area is 127 Å². The van der Waals surface area contributed by atoms with Crippen LogP contribution in [0.15, 0.2) is 12.1 Å². The summed E-state index contributed by atoms with van der Waals surface area (Å²) >= 11 is 0.866. The molecule has 0 bridgehead atoms. The monoisotopic (exact) mass is 328 g/mol. The molecule has 1 saturated heterocycles. The van der Waals surface area contributed by atoms with Gasteiger partial charge in [-0.25, -0.2) is 0 Å².